The van der Waals surface area contributed by atoms with Gasteiger partial charge in [-0.15, -0.1) is 0 Å². The molecule has 0 radical (unpaired) electrons. The lowest BCUT2D eigenvalue weighted by Crippen LogP contribution is -2.38. The van der Waals surface area contributed by atoms with Crippen LogP contribution in [-0.2, 0) is 9.47 Å². The summed E-state index contributed by atoms with van der Waals surface area (Å²) in [6, 6.07) is 6.16. The maximum atomic E-state index is 15.2. The molecule has 2 saturated carbocycles. The number of ether oxygens (including phenoxy) is 3. The molecule has 0 atom stereocenters. The maximum absolute atomic E-state index is 15.2. The van der Waals surface area contributed by atoms with E-state index < -0.39 is 41.5 Å². The Hall–Kier alpha value is -2.52. The molecule has 3 aliphatic rings. The van der Waals surface area contributed by atoms with Crippen LogP contribution in [0.2, 0.25) is 0 Å². The van der Waals surface area contributed by atoms with Crippen molar-refractivity contribution in [2.24, 2.45) is 23.7 Å². The molecule has 2 aromatic carbocycles. The summed E-state index contributed by atoms with van der Waals surface area (Å²) in [4.78, 5) is 0. The smallest absolute Gasteiger partial charge is 0.400 e. The summed E-state index contributed by atoms with van der Waals surface area (Å²) >= 11 is 0. The summed E-state index contributed by atoms with van der Waals surface area (Å²) < 4.78 is 101. The molecule has 0 N–H and O–H groups in total. The Labute approximate surface area is 249 Å². The van der Waals surface area contributed by atoms with Gasteiger partial charge in [0, 0.05) is 23.6 Å². The van der Waals surface area contributed by atoms with Crippen LogP contribution in [0.1, 0.15) is 94.5 Å². The van der Waals surface area contributed by atoms with E-state index in [1.165, 1.54) is 6.07 Å². The minimum Gasteiger partial charge on any atom is -0.432 e. The second-order valence-electron chi connectivity index (χ2n) is 12.4. The highest BCUT2D eigenvalue weighted by Crippen LogP contribution is 2.47. The van der Waals surface area contributed by atoms with Crippen LogP contribution in [0.4, 0.5) is 26.3 Å². The van der Waals surface area contributed by atoms with Crippen LogP contribution in [0.15, 0.2) is 42.5 Å². The van der Waals surface area contributed by atoms with Crippen molar-refractivity contribution < 1.29 is 40.6 Å². The summed E-state index contributed by atoms with van der Waals surface area (Å²) in [5.74, 6) is -5.80. The van der Waals surface area contributed by atoms with Crippen LogP contribution in [0, 0.1) is 46.9 Å². The largest absolute Gasteiger partial charge is 0.432 e. The SMILES string of the molecule is C/C=C/CCC1COC(c2ccc(C3CCC(C4CCC(C(F)(F)Oc5cc(F)c(F)c(F)c5)CC4)CC3)c(F)c2)OC1. The van der Waals surface area contributed by atoms with E-state index in [0.717, 1.165) is 38.5 Å². The number of benzene rings is 2. The second-order valence-corrected chi connectivity index (χ2v) is 12.4. The van der Waals surface area contributed by atoms with Crippen molar-refractivity contribution in [3.05, 3.63) is 76.9 Å². The van der Waals surface area contributed by atoms with Crippen molar-refractivity contribution in [2.45, 2.75) is 89.4 Å². The highest BCUT2D eigenvalue weighted by atomic mass is 19.3. The monoisotopic (exact) mass is 610 g/mol. The average Bonchev–Trinajstić information content (AvgIpc) is 3.00. The Bertz CT molecular complexity index is 1220. The van der Waals surface area contributed by atoms with E-state index in [-0.39, 0.29) is 24.6 Å². The highest BCUT2D eigenvalue weighted by molar-refractivity contribution is 5.29. The van der Waals surface area contributed by atoms with Crippen LogP contribution in [0.5, 0.6) is 5.75 Å². The van der Waals surface area contributed by atoms with E-state index in [1.54, 1.807) is 0 Å². The Morgan fingerprint density at radius 2 is 1.42 bits per heavy atom. The molecule has 0 spiro atoms. The third-order valence-corrected chi connectivity index (χ3v) is 9.58. The van der Waals surface area contributed by atoms with Gasteiger partial charge in [-0.3, -0.25) is 0 Å². The molecular formula is C34H40F6O3. The van der Waals surface area contributed by atoms with Crippen LogP contribution in [0.25, 0.3) is 0 Å². The third-order valence-electron chi connectivity index (χ3n) is 9.58. The van der Waals surface area contributed by atoms with Gasteiger partial charge in [0.15, 0.2) is 23.7 Å². The Balaban J connectivity index is 1.08. The number of alkyl halides is 2. The summed E-state index contributed by atoms with van der Waals surface area (Å²) in [5.41, 5.74) is 1.39. The zero-order valence-corrected chi connectivity index (χ0v) is 24.5. The average molecular weight is 611 g/mol. The highest BCUT2D eigenvalue weighted by Gasteiger charge is 2.45. The normalized spacial score (nSPS) is 28.7. The summed E-state index contributed by atoms with van der Waals surface area (Å²) in [6.07, 6.45) is 7.12. The first kappa shape index (κ1) is 31.9. The number of halogens is 6. The standard InChI is InChI=1S/C34H40F6O3/c1-2-3-4-5-21-19-41-33(42-20-21)25-12-15-28(29(35)16-25)24-8-6-22(7-9-24)23-10-13-26(14-11-23)34(39,40)43-27-17-30(36)32(38)31(37)18-27/h2-3,12,15-18,21-24,26,33H,4-11,13-14,19-20H2,1H3/b3-2+. The molecule has 236 valence electrons. The van der Waals surface area contributed by atoms with Gasteiger partial charge in [0.1, 0.15) is 11.6 Å². The number of hydrogen-bond acceptors (Lipinski definition) is 3. The lowest BCUT2D eigenvalue weighted by Gasteiger charge is -2.39. The molecule has 43 heavy (non-hydrogen) atoms. The first-order valence-corrected chi connectivity index (χ1v) is 15.5. The van der Waals surface area contributed by atoms with Gasteiger partial charge in [-0.1, -0.05) is 24.3 Å². The van der Waals surface area contributed by atoms with Gasteiger partial charge in [-0.25, -0.2) is 17.6 Å². The lowest BCUT2D eigenvalue weighted by molar-refractivity contribution is -0.224. The van der Waals surface area contributed by atoms with Crippen molar-refractivity contribution in [3.8, 4) is 5.75 Å². The lowest BCUT2D eigenvalue weighted by atomic mass is 9.68. The molecule has 1 aliphatic heterocycles. The van der Waals surface area contributed by atoms with Crippen molar-refractivity contribution >= 4 is 0 Å². The van der Waals surface area contributed by atoms with E-state index in [9.17, 15) is 22.0 Å². The molecular weight excluding hydrogens is 570 g/mol. The number of hydrogen-bond donors (Lipinski definition) is 0. The Morgan fingerprint density at radius 1 is 0.814 bits per heavy atom. The molecule has 5 rings (SSSR count). The molecule has 1 saturated heterocycles. The summed E-state index contributed by atoms with van der Waals surface area (Å²) in [7, 11) is 0. The molecule has 0 amide bonds. The molecule has 0 unspecified atom stereocenters. The minimum atomic E-state index is -3.62. The van der Waals surface area contributed by atoms with Gasteiger partial charge in [0.2, 0.25) is 0 Å². The summed E-state index contributed by atoms with van der Waals surface area (Å²) in [6.45, 7) is 3.19. The van der Waals surface area contributed by atoms with Gasteiger partial charge >= 0.3 is 6.11 Å². The minimum absolute atomic E-state index is 0.111. The first-order chi connectivity index (χ1) is 20.6. The predicted molar refractivity (Wildman–Crippen MR) is 151 cm³/mol. The molecule has 1 heterocycles. The first-order valence-electron chi connectivity index (χ1n) is 15.5. The summed E-state index contributed by atoms with van der Waals surface area (Å²) in [5, 5.41) is 0. The molecule has 2 aromatic rings. The Kier molecular flexibility index (Phi) is 10.4. The molecule has 2 aliphatic carbocycles. The fourth-order valence-electron chi connectivity index (χ4n) is 7.08. The molecule has 0 aromatic heterocycles. The van der Waals surface area contributed by atoms with Crippen molar-refractivity contribution in [2.75, 3.05) is 13.2 Å². The van der Waals surface area contributed by atoms with Crippen molar-refractivity contribution in [1.82, 2.24) is 0 Å². The predicted octanol–water partition coefficient (Wildman–Crippen LogP) is 10.0. The van der Waals surface area contributed by atoms with E-state index in [2.05, 4.69) is 10.8 Å². The zero-order chi connectivity index (χ0) is 30.6. The zero-order valence-electron chi connectivity index (χ0n) is 24.5. The van der Waals surface area contributed by atoms with E-state index in [1.807, 2.05) is 25.1 Å². The quantitative estimate of drug-likeness (QED) is 0.161. The fourth-order valence-corrected chi connectivity index (χ4v) is 7.08. The second kappa shape index (κ2) is 14.1. The van der Waals surface area contributed by atoms with Crippen molar-refractivity contribution in [3.63, 3.8) is 0 Å². The molecule has 9 heteroatoms. The van der Waals surface area contributed by atoms with E-state index >= 15 is 4.39 Å². The van der Waals surface area contributed by atoms with Gasteiger partial charge in [-0.05, 0) is 101 Å². The van der Waals surface area contributed by atoms with Gasteiger partial charge < -0.3 is 14.2 Å². The fraction of sp³-hybridized carbons (Fsp3) is 0.588. The molecule has 0 bridgehead atoms. The van der Waals surface area contributed by atoms with Crippen LogP contribution in [-0.4, -0.2) is 19.3 Å². The molecule has 3 nitrogen and oxygen atoms in total. The van der Waals surface area contributed by atoms with E-state index in [0.29, 0.717) is 67.1 Å². The van der Waals surface area contributed by atoms with Crippen LogP contribution < -0.4 is 4.74 Å². The topological polar surface area (TPSA) is 27.7 Å². The Morgan fingerprint density at radius 3 is 2.00 bits per heavy atom. The number of allylic oxidation sites excluding steroid dienone is 2. The number of rotatable bonds is 9. The van der Waals surface area contributed by atoms with Gasteiger partial charge in [0.05, 0.1) is 19.1 Å². The van der Waals surface area contributed by atoms with E-state index in [4.69, 9.17) is 9.47 Å². The van der Waals surface area contributed by atoms with Crippen molar-refractivity contribution in [1.29, 1.82) is 0 Å². The molecule has 3 fully saturated rings. The van der Waals surface area contributed by atoms with Gasteiger partial charge in [-0.2, -0.15) is 8.78 Å². The third kappa shape index (κ3) is 7.77. The van der Waals surface area contributed by atoms with Crippen LogP contribution >= 0.6 is 0 Å². The maximum Gasteiger partial charge on any atom is 0.400 e. The van der Waals surface area contributed by atoms with Crippen LogP contribution in [0.3, 0.4) is 0 Å². The van der Waals surface area contributed by atoms with Gasteiger partial charge in [0.25, 0.3) is 0 Å².